The molecule has 0 spiro atoms. The van der Waals surface area contributed by atoms with Crippen LogP contribution in [0.15, 0.2) is 18.3 Å². The van der Waals surface area contributed by atoms with Gasteiger partial charge in [0, 0.05) is 11.9 Å². The second kappa shape index (κ2) is 5.71. The summed E-state index contributed by atoms with van der Waals surface area (Å²) in [6.45, 7) is 1.32. The van der Waals surface area contributed by atoms with E-state index >= 15 is 0 Å². The first kappa shape index (κ1) is 14.7. The average molecular weight is 330 g/mol. The topological polar surface area (TPSA) is 70.7 Å². The molecule has 0 radical (unpaired) electrons. The summed E-state index contributed by atoms with van der Waals surface area (Å²) in [5.74, 6) is -0.192. The lowest BCUT2D eigenvalue weighted by Gasteiger charge is -2.07. The highest BCUT2D eigenvalue weighted by Crippen LogP contribution is 2.32. The van der Waals surface area contributed by atoms with Crippen LogP contribution in [0.2, 0.25) is 15.1 Å². The molecule has 102 valence electrons. The molecular formula is C12H7Cl3N4O. The second-order valence-electron chi connectivity index (χ2n) is 3.85. The van der Waals surface area contributed by atoms with Gasteiger partial charge in [-0.15, -0.1) is 5.10 Å². The van der Waals surface area contributed by atoms with Crippen molar-refractivity contribution in [2.45, 2.75) is 6.92 Å². The maximum absolute atomic E-state index is 11.1. The number of hydrogen-bond donors (Lipinski definition) is 1. The fourth-order valence-electron chi connectivity index (χ4n) is 1.58. The Kier molecular flexibility index (Phi) is 4.19. The van der Waals surface area contributed by atoms with E-state index in [1.807, 2.05) is 6.07 Å². The number of carbonyl (C=O) groups is 1. The number of nitrogens with one attached hydrogen (secondary N) is 1. The fourth-order valence-corrected chi connectivity index (χ4v) is 2.57. The van der Waals surface area contributed by atoms with Crippen molar-refractivity contribution in [1.29, 1.82) is 5.26 Å². The average Bonchev–Trinajstić information content (AvgIpc) is 2.69. The highest BCUT2D eigenvalue weighted by Gasteiger charge is 2.15. The molecule has 0 atom stereocenters. The van der Waals surface area contributed by atoms with Gasteiger partial charge in [0.15, 0.2) is 5.82 Å². The summed E-state index contributed by atoms with van der Waals surface area (Å²) in [5, 5.41) is 16.5. The maximum Gasteiger partial charge on any atom is 0.222 e. The molecular weight excluding hydrogens is 323 g/mol. The molecule has 1 aromatic heterocycles. The predicted octanol–water partition coefficient (Wildman–Crippen LogP) is 3.66. The van der Waals surface area contributed by atoms with Gasteiger partial charge in [-0.3, -0.25) is 4.79 Å². The van der Waals surface area contributed by atoms with Crippen LogP contribution in [0.1, 0.15) is 12.5 Å². The number of hydrogen-bond acceptors (Lipinski definition) is 3. The number of rotatable bonds is 2. The Balaban J connectivity index is 2.57. The van der Waals surface area contributed by atoms with Gasteiger partial charge in [-0.25, -0.2) is 4.68 Å². The zero-order valence-corrected chi connectivity index (χ0v) is 12.4. The van der Waals surface area contributed by atoms with Gasteiger partial charge in [-0.2, -0.15) is 5.26 Å². The zero-order chi connectivity index (χ0) is 14.9. The minimum absolute atomic E-state index is 0.141. The van der Waals surface area contributed by atoms with Crippen LogP contribution in [0, 0.1) is 11.3 Å². The van der Waals surface area contributed by atoms with Gasteiger partial charge in [0.1, 0.15) is 17.3 Å². The molecule has 8 heteroatoms. The molecule has 20 heavy (non-hydrogen) atoms. The molecule has 0 saturated heterocycles. The first-order chi connectivity index (χ1) is 9.42. The molecule has 1 amide bonds. The van der Waals surface area contributed by atoms with Crippen molar-refractivity contribution < 1.29 is 4.79 Å². The monoisotopic (exact) mass is 328 g/mol. The van der Waals surface area contributed by atoms with Crippen molar-refractivity contribution in [2.24, 2.45) is 0 Å². The van der Waals surface area contributed by atoms with E-state index in [-0.39, 0.29) is 27.3 Å². The summed E-state index contributed by atoms with van der Waals surface area (Å²) < 4.78 is 1.32. The van der Waals surface area contributed by atoms with E-state index < -0.39 is 0 Å². The van der Waals surface area contributed by atoms with E-state index in [0.29, 0.717) is 10.7 Å². The standard InChI is InChI=1S/C12H7Cl3N4O/c1-6(20)17-12-7(4-16)5-19(18-12)11-9(14)2-8(13)3-10(11)15/h2-3,5H,1H3,(H,17,18,20). The van der Waals surface area contributed by atoms with Crippen molar-refractivity contribution in [1.82, 2.24) is 9.78 Å². The van der Waals surface area contributed by atoms with Crippen molar-refractivity contribution >= 4 is 46.5 Å². The number of carbonyl (C=O) groups excluding carboxylic acids is 1. The van der Waals surface area contributed by atoms with Crippen LogP contribution in [0.4, 0.5) is 5.82 Å². The van der Waals surface area contributed by atoms with Crippen LogP contribution in [0.3, 0.4) is 0 Å². The summed E-state index contributed by atoms with van der Waals surface area (Å²) in [5.41, 5.74) is 0.577. The van der Waals surface area contributed by atoms with E-state index in [2.05, 4.69) is 10.4 Å². The van der Waals surface area contributed by atoms with E-state index in [4.69, 9.17) is 40.1 Å². The highest BCUT2D eigenvalue weighted by molar-refractivity contribution is 6.40. The number of benzene rings is 1. The molecule has 0 unspecified atom stereocenters. The molecule has 1 heterocycles. The van der Waals surface area contributed by atoms with Crippen LogP contribution in [-0.2, 0) is 4.79 Å². The second-order valence-corrected chi connectivity index (χ2v) is 5.10. The van der Waals surface area contributed by atoms with Crippen LogP contribution < -0.4 is 5.32 Å². The molecule has 1 aromatic carbocycles. The number of halogens is 3. The Hall–Kier alpha value is -1.74. The molecule has 2 rings (SSSR count). The molecule has 0 bridgehead atoms. The molecule has 1 N–H and O–H groups in total. The summed E-state index contributed by atoms with van der Waals surface area (Å²) >= 11 is 18.0. The maximum atomic E-state index is 11.1. The minimum atomic E-state index is -0.333. The van der Waals surface area contributed by atoms with Crippen molar-refractivity contribution in [2.75, 3.05) is 5.32 Å². The van der Waals surface area contributed by atoms with Crippen LogP contribution in [-0.4, -0.2) is 15.7 Å². The number of amides is 1. The molecule has 0 saturated carbocycles. The molecule has 0 aliphatic rings. The summed E-state index contributed by atoms with van der Waals surface area (Å²) in [7, 11) is 0. The van der Waals surface area contributed by atoms with Crippen molar-refractivity contribution in [3.05, 3.63) is 39.0 Å². The van der Waals surface area contributed by atoms with Crippen molar-refractivity contribution in [3.8, 4) is 11.8 Å². The lowest BCUT2D eigenvalue weighted by Crippen LogP contribution is -2.08. The quantitative estimate of drug-likeness (QED) is 0.914. The molecule has 0 fully saturated rings. The molecule has 0 aliphatic carbocycles. The summed E-state index contributed by atoms with van der Waals surface area (Å²) in [6, 6.07) is 4.95. The van der Waals surface area contributed by atoms with Gasteiger partial charge in [0.25, 0.3) is 0 Å². The fraction of sp³-hybridized carbons (Fsp3) is 0.0833. The first-order valence-corrected chi connectivity index (χ1v) is 6.48. The largest absolute Gasteiger partial charge is 0.308 e. The summed E-state index contributed by atoms with van der Waals surface area (Å²) in [6.07, 6.45) is 1.42. The van der Waals surface area contributed by atoms with Crippen LogP contribution in [0.25, 0.3) is 5.69 Å². The van der Waals surface area contributed by atoms with E-state index in [0.717, 1.165) is 0 Å². The predicted molar refractivity (Wildman–Crippen MR) is 77.6 cm³/mol. The number of nitriles is 1. The van der Waals surface area contributed by atoms with E-state index in [1.54, 1.807) is 0 Å². The Bertz CT molecular complexity index is 710. The Morgan fingerprint density at radius 3 is 2.45 bits per heavy atom. The van der Waals surface area contributed by atoms with Gasteiger partial charge < -0.3 is 5.32 Å². The third kappa shape index (κ3) is 2.88. The van der Waals surface area contributed by atoms with Crippen molar-refractivity contribution in [3.63, 3.8) is 0 Å². The first-order valence-electron chi connectivity index (χ1n) is 5.34. The Morgan fingerprint density at radius 2 is 1.95 bits per heavy atom. The highest BCUT2D eigenvalue weighted by atomic mass is 35.5. The normalized spacial score (nSPS) is 10.2. The zero-order valence-electron chi connectivity index (χ0n) is 10.1. The van der Waals surface area contributed by atoms with Crippen LogP contribution in [0.5, 0.6) is 0 Å². The lowest BCUT2D eigenvalue weighted by atomic mass is 10.3. The number of nitrogens with zero attached hydrogens (tertiary/aromatic N) is 3. The van der Waals surface area contributed by atoms with E-state index in [9.17, 15) is 4.79 Å². The third-order valence-corrected chi connectivity index (χ3v) is 3.13. The lowest BCUT2D eigenvalue weighted by molar-refractivity contribution is -0.114. The smallest absolute Gasteiger partial charge is 0.222 e. The Morgan fingerprint density at radius 1 is 1.35 bits per heavy atom. The molecule has 0 aliphatic heterocycles. The number of aromatic nitrogens is 2. The third-order valence-electron chi connectivity index (χ3n) is 2.34. The van der Waals surface area contributed by atoms with Gasteiger partial charge in [0.2, 0.25) is 5.91 Å². The van der Waals surface area contributed by atoms with Gasteiger partial charge >= 0.3 is 0 Å². The van der Waals surface area contributed by atoms with Crippen LogP contribution >= 0.6 is 34.8 Å². The minimum Gasteiger partial charge on any atom is -0.308 e. The van der Waals surface area contributed by atoms with Gasteiger partial charge in [0.05, 0.1) is 16.2 Å². The van der Waals surface area contributed by atoms with Gasteiger partial charge in [-0.05, 0) is 12.1 Å². The SMILES string of the molecule is CC(=O)Nc1nn(-c2c(Cl)cc(Cl)cc2Cl)cc1C#N. The van der Waals surface area contributed by atoms with E-state index in [1.165, 1.54) is 29.9 Å². The van der Waals surface area contributed by atoms with Gasteiger partial charge in [-0.1, -0.05) is 34.8 Å². The number of anilines is 1. The molecule has 2 aromatic rings. The molecule has 5 nitrogen and oxygen atoms in total. The Labute approximate surface area is 129 Å². The summed E-state index contributed by atoms with van der Waals surface area (Å²) in [4.78, 5) is 11.1.